The zero-order chi connectivity index (χ0) is 14.6. The van der Waals surface area contributed by atoms with Gasteiger partial charge in [-0.3, -0.25) is 0 Å². The molecule has 1 N–H and O–H groups in total. The van der Waals surface area contributed by atoms with Gasteiger partial charge in [-0.05, 0) is 55.4 Å². The van der Waals surface area contributed by atoms with Crippen molar-refractivity contribution in [3.63, 3.8) is 0 Å². The van der Waals surface area contributed by atoms with E-state index in [1.807, 2.05) is 0 Å². The third kappa shape index (κ3) is 3.37. The smallest absolute Gasteiger partial charge is 0.0700 e. The van der Waals surface area contributed by atoms with Gasteiger partial charge in [0, 0.05) is 19.8 Å². The number of unbranched alkanes of at least 4 members (excludes halogenated alkanes) is 1. The summed E-state index contributed by atoms with van der Waals surface area (Å²) in [7, 11) is 1.71. The molecule has 118 valence electrons. The molecule has 2 bridgehead atoms. The Morgan fingerprint density at radius 1 is 1.10 bits per heavy atom. The quantitative estimate of drug-likeness (QED) is 0.659. The standard InChI is InChI=1S/C17H33NO2/c1-16(2)14-7-8-17(3,13-14)15(16)18-9-5-6-10-20-12-11-19-4/h14-15,18H,5-13H2,1-4H3. The molecule has 20 heavy (non-hydrogen) atoms. The molecule has 0 aromatic heterocycles. The van der Waals surface area contributed by atoms with E-state index in [2.05, 4.69) is 26.1 Å². The van der Waals surface area contributed by atoms with Crippen LogP contribution in [-0.2, 0) is 9.47 Å². The first-order valence-electron chi connectivity index (χ1n) is 8.31. The van der Waals surface area contributed by atoms with E-state index in [9.17, 15) is 0 Å². The van der Waals surface area contributed by atoms with Gasteiger partial charge in [0.15, 0.2) is 0 Å². The summed E-state index contributed by atoms with van der Waals surface area (Å²) in [5.74, 6) is 0.933. The Bertz CT molecular complexity index is 301. The number of rotatable bonds is 9. The number of nitrogens with one attached hydrogen (secondary N) is 1. The molecule has 0 amide bonds. The van der Waals surface area contributed by atoms with E-state index in [-0.39, 0.29) is 0 Å². The Morgan fingerprint density at radius 2 is 1.90 bits per heavy atom. The second-order valence-corrected chi connectivity index (χ2v) is 7.61. The summed E-state index contributed by atoms with van der Waals surface area (Å²) in [4.78, 5) is 0. The monoisotopic (exact) mass is 283 g/mol. The molecule has 2 aliphatic rings. The third-order valence-corrected chi connectivity index (χ3v) is 5.77. The van der Waals surface area contributed by atoms with Crippen LogP contribution in [0.1, 0.15) is 52.9 Å². The minimum Gasteiger partial charge on any atom is -0.382 e. The number of methoxy groups -OCH3 is 1. The normalized spacial score (nSPS) is 34.8. The third-order valence-electron chi connectivity index (χ3n) is 5.77. The summed E-state index contributed by atoms with van der Waals surface area (Å²) < 4.78 is 10.5. The zero-order valence-electron chi connectivity index (χ0n) is 13.8. The van der Waals surface area contributed by atoms with Crippen LogP contribution in [0.2, 0.25) is 0 Å². The minimum atomic E-state index is 0.474. The van der Waals surface area contributed by atoms with Crippen molar-refractivity contribution in [1.29, 1.82) is 0 Å². The molecular formula is C17H33NO2. The van der Waals surface area contributed by atoms with Gasteiger partial charge in [-0.25, -0.2) is 0 Å². The lowest BCUT2D eigenvalue weighted by Gasteiger charge is -2.43. The fourth-order valence-corrected chi connectivity index (χ4v) is 4.63. The number of hydrogen-bond acceptors (Lipinski definition) is 3. The van der Waals surface area contributed by atoms with Gasteiger partial charge in [-0.2, -0.15) is 0 Å². The first-order valence-corrected chi connectivity index (χ1v) is 8.31. The van der Waals surface area contributed by atoms with Gasteiger partial charge in [0.05, 0.1) is 13.2 Å². The number of ether oxygens (including phenoxy) is 2. The van der Waals surface area contributed by atoms with Crippen LogP contribution in [0.5, 0.6) is 0 Å². The van der Waals surface area contributed by atoms with Crippen molar-refractivity contribution in [2.75, 3.05) is 33.5 Å². The highest BCUT2D eigenvalue weighted by Crippen LogP contribution is 2.62. The van der Waals surface area contributed by atoms with Crippen molar-refractivity contribution < 1.29 is 9.47 Å². The van der Waals surface area contributed by atoms with Crippen LogP contribution in [0.4, 0.5) is 0 Å². The fourth-order valence-electron chi connectivity index (χ4n) is 4.63. The van der Waals surface area contributed by atoms with E-state index < -0.39 is 0 Å². The van der Waals surface area contributed by atoms with Crippen molar-refractivity contribution in [3.05, 3.63) is 0 Å². The largest absolute Gasteiger partial charge is 0.382 e. The summed E-state index contributed by atoms with van der Waals surface area (Å²) in [5.41, 5.74) is 1.02. The van der Waals surface area contributed by atoms with E-state index in [1.165, 1.54) is 25.7 Å². The second kappa shape index (κ2) is 6.76. The van der Waals surface area contributed by atoms with Gasteiger partial charge in [0.2, 0.25) is 0 Å². The van der Waals surface area contributed by atoms with E-state index in [0.717, 1.165) is 32.1 Å². The molecule has 0 heterocycles. The van der Waals surface area contributed by atoms with Gasteiger partial charge >= 0.3 is 0 Å². The molecule has 2 rings (SSSR count). The Morgan fingerprint density at radius 3 is 2.55 bits per heavy atom. The highest BCUT2D eigenvalue weighted by molar-refractivity contribution is 5.11. The summed E-state index contributed by atoms with van der Waals surface area (Å²) in [6, 6.07) is 0.697. The van der Waals surface area contributed by atoms with Crippen LogP contribution in [-0.4, -0.2) is 39.5 Å². The van der Waals surface area contributed by atoms with E-state index in [4.69, 9.17) is 9.47 Å². The van der Waals surface area contributed by atoms with Crippen LogP contribution in [0.25, 0.3) is 0 Å². The average Bonchev–Trinajstić information content (AvgIpc) is 2.87. The Kier molecular flexibility index (Phi) is 5.49. The average molecular weight is 283 g/mol. The molecule has 0 spiro atoms. The molecule has 2 fully saturated rings. The molecule has 0 saturated heterocycles. The van der Waals surface area contributed by atoms with Crippen LogP contribution < -0.4 is 5.32 Å². The maximum Gasteiger partial charge on any atom is 0.0700 e. The van der Waals surface area contributed by atoms with E-state index in [0.29, 0.717) is 23.5 Å². The Hall–Kier alpha value is -0.120. The lowest BCUT2D eigenvalue weighted by atomic mass is 9.68. The minimum absolute atomic E-state index is 0.474. The number of hydrogen-bond donors (Lipinski definition) is 1. The maximum absolute atomic E-state index is 5.50. The second-order valence-electron chi connectivity index (χ2n) is 7.61. The molecule has 0 radical (unpaired) electrons. The molecule has 2 aliphatic carbocycles. The summed E-state index contributed by atoms with van der Waals surface area (Å²) in [6.45, 7) is 10.8. The molecule has 3 nitrogen and oxygen atoms in total. The van der Waals surface area contributed by atoms with Gasteiger partial charge in [-0.1, -0.05) is 20.8 Å². The van der Waals surface area contributed by atoms with Gasteiger partial charge in [0.25, 0.3) is 0 Å². The Labute approximate surface area is 124 Å². The lowest BCUT2D eigenvalue weighted by Crippen LogP contribution is -2.50. The molecule has 3 unspecified atom stereocenters. The lowest BCUT2D eigenvalue weighted by molar-refractivity contribution is 0.0677. The summed E-state index contributed by atoms with van der Waals surface area (Å²) in [6.07, 6.45) is 6.63. The van der Waals surface area contributed by atoms with Crippen LogP contribution >= 0.6 is 0 Å². The topological polar surface area (TPSA) is 30.5 Å². The first-order chi connectivity index (χ1) is 9.50. The van der Waals surface area contributed by atoms with E-state index >= 15 is 0 Å². The number of fused-ring (bicyclic) bond motifs is 2. The van der Waals surface area contributed by atoms with Crippen LogP contribution in [0.15, 0.2) is 0 Å². The first kappa shape index (κ1) is 16.3. The molecule has 0 aliphatic heterocycles. The highest BCUT2D eigenvalue weighted by atomic mass is 16.5. The molecule has 0 aromatic carbocycles. The van der Waals surface area contributed by atoms with Gasteiger partial charge < -0.3 is 14.8 Å². The SMILES string of the molecule is COCCOCCCCNC1C2(C)CCC(C2)C1(C)C. The maximum atomic E-state index is 5.50. The molecule has 3 heteroatoms. The molecule has 2 saturated carbocycles. The van der Waals surface area contributed by atoms with E-state index in [1.54, 1.807) is 7.11 Å². The van der Waals surface area contributed by atoms with Gasteiger partial charge in [0.1, 0.15) is 0 Å². The van der Waals surface area contributed by atoms with Crippen LogP contribution in [0, 0.1) is 16.7 Å². The summed E-state index contributed by atoms with van der Waals surface area (Å²) >= 11 is 0. The van der Waals surface area contributed by atoms with Crippen molar-refractivity contribution >= 4 is 0 Å². The molecular weight excluding hydrogens is 250 g/mol. The van der Waals surface area contributed by atoms with Crippen LogP contribution in [0.3, 0.4) is 0 Å². The van der Waals surface area contributed by atoms with Crippen molar-refractivity contribution in [3.8, 4) is 0 Å². The van der Waals surface area contributed by atoms with Crippen molar-refractivity contribution in [1.82, 2.24) is 5.32 Å². The Balaban J connectivity index is 1.62. The molecule has 3 atom stereocenters. The predicted octanol–water partition coefficient (Wildman–Crippen LogP) is 3.23. The predicted molar refractivity (Wildman–Crippen MR) is 82.9 cm³/mol. The fraction of sp³-hybridized carbons (Fsp3) is 1.00. The van der Waals surface area contributed by atoms with Crippen molar-refractivity contribution in [2.24, 2.45) is 16.7 Å². The van der Waals surface area contributed by atoms with Crippen molar-refractivity contribution in [2.45, 2.75) is 58.9 Å². The molecule has 0 aromatic rings. The zero-order valence-corrected chi connectivity index (χ0v) is 13.8. The van der Waals surface area contributed by atoms with Gasteiger partial charge in [-0.15, -0.1) is 0 Å². The summed E-state index contributed by atoms with van der Waals surface area (Å²) in [5, 5.41) is 3.87. The highest BCUT2D eigenvalue weighted by Gasteiger charge is 2.58.